The summed E-state index contributed by atoms with van der Waals surface area (Å²) in [4.78, 5) is 110. The normalized spacial score (nSPS) is 15.7. The number of aromatic amines is 1. The van der Waals surface area contributed by atoms with E-state index in [9.17, 15) is 38.4 Å². The summed E-state index contributed by atoms with van der Waals surface area (Å²) in [6.45, 7) is 0.769. The number of esters is 2. The number of fused-ring (bicyclic) bond motifs is 1. The second-order valence-corrected chi connectivity index (χ2v) is 13.3. The maximum Gasteiger partial charge on any atom is 0.407 e. The molecule has 2 aromatic carbocycles. The summed E-state index contributed by atoms with van der Waals surface area (Å²) in [5, 5.41) is 11.7. The molecule has 1 fully saturated rings. The molecule has 0 radical (unpaired) electrons. The number of nitrogens with one attached hydrogen (secondary N) is 6. The molecule has 3 atom stereocenters. The SMILES string of the molecule is CC(C)C(=O)Nc1nc2c(ncn2C2CC(OC(=O)NCC(=O)NCC(=O)OCc3ccccc3)C(COC(=O)NCC(=O)NCC(=O)OCc3ccccc3)O2)c(=O)[nH]1. The molecule has 318 valence electrons. The Morgan fingerprint density at radius 1 is 0.783 bits per heavy atom. The number of H-pyrrole nitrogens is 1. The number of hydrogen-bond acceptors (Lipinski definition) is 15. The molecule has 1 aliphatic rings. The summed E-state index contributed by atoms with van der Waals surface area (Å²) in [7, 11) is 0. The number of nitrogens with zero attached hydrogens (tertiary/aromatic N) is 3. The third kappa shape index (κ3) is 13.4. The average Bonchev–Trinajstić information content (AvgIpc) is 3.85. The molecule has 22 nitrogen and oxygen atoms in total. The number of carbonyl (C=O) groups excluding carboxylic acids is 7. The van der Waals surface area contributed by atoms with Gasteiger partial charge < -0.3 is 45.0 Å². The first-order valence-electron chi connectivity index (χ1n) is 18.6. The van der Waals surface area contributed by atoms with Crippen LogP contribution in [-0.4, -0.2) is 106 Å². The van der Waals surface area contributed by atoms with Crippen LogP contribution in [0.5, 0.6) is 0 Å². The second kappa shape index (κ2) is 21.4. The summed E-state index contributed by atoms with van der Waals surface area (Å²) in [5.41, 5.74) is 0.786. The standard InChI is InChI=1S/C38H43N9O13/c1-22(2)34(52)45-36-44-33-32(35(53)46-36)43-21-47(33)29-13-25(60-38(55)42-15-28(49)40-17-31(51)57-19-24-11-7-4-8-12-24)26(59-29)20-58-37(54)41-14-27(48)39-16-30(50)56-18-23-9-5-3-6-10-23/h3-12,21-22,25-26,29H,13-20H2,1-2H3,(H,39,48)(H,40,49)(H,41,54)(H,42,55)(H2,44,45,46,52,53). The number of aromatic nitrogens is 4. The predicted molar refractivity (Wildman–Crippen MR) is 206 cm³/mol. The van der Waals surface area contributed by atoms with Gasteiger partial charge in [-0.3, -0.25) is 43.6 Å². The lowest BCUT2D eigenvalue weighted by atomic mass is 10.2. The number of amides is 5. The number of ether oxygens (including phenoxy) is 5. The highest BCUT2D eigenvalue weighted by Crippen LogP contribution is 2.33. The van der Waals surface area contributed by atoms with Crippen LogP contribution < -0.4 is 32.1 Å². The van der Waals surface area contributed by atoms with Crippen LogP contribution in [0.1, 0.15) is 37.6 Å². The first-order valence-corrected chi connectivity index (χ1v) is 18.6. The number of benzene rings is 2. The first-order chi connectivity index (χ1) is 28.8. The van der Waals surface area contributed by atoms with Crippen LogP contribution >= 0.6 is 0 Å². The number of alkyl carbamates (subject to hydrolysis) is 2. The number of anilines is 1. The molecule has 2 aromatic heterocycles. The van der Waals surface area contributed by atoms with Crippen LogP contribution in [-0.2, 0) is 60.9 Å². The zero-order valence-corrected chi connectivity index (χ0v) is 32.5. The fourth-order valence-corrected chi connectivity index (χ4v) is 5.34. The lowest BCUT2D eigenvalue weighted by molar-refractivity contribution is -0.145. The van der Waals surface area contributed by atoms with Crippen molar-refractivity contribution in [1.82, 2.24) is 40.8 Å². The third-order valence-electron chi connectivity index (χ3n) is 8.46. The molecule has 3 heterocycles. The Bertz CT molecular complexity index is 2210. The molecule has 1 saturated heterocycles. The van der Waals surface area contributed by atoms with Crippen molar-refractivity contribution in [2.24, 2.45) is 5.92 Å². The molecule has 5 amide bonds. The van der Waals surface area contributed by atoms with Gasteiger partial charge in [-0.05, 0) is 11.1 Å². The van der Waals surface area contributed by atoms with Gasteiger partial charge in [0.05, 0.1) is 6.33 Å². The van der Waals surface area contributed by atoms with Crippen LogP contribution in [0.3, 0.4) is 0 Å². The Balaban J connectivity index is 1.15. The molecule has 3 unspecified atom stereocenters. The summed E-state index contributed by atoms with van der Waals surface area (Å²) in [6.07, 6.45) is -4.26. The molecule has 0 spiro atoms. The van der Waals surface area contributed by atoms with Gasteiger partial charge in [0, 0.05) is 12.3 Å². The van der Waals surface area contributed by atoms with Crippen molar-refractivity contribution in [3.63, 3.8) is 0 Å². The molecule has 1 aliphatic heterocycles. The molecule has 22 heteroatoms. The Hall–Kier alpha value is -7.36. The predicted octanol–water partition coefficient (Wildman–Crippen LogP) is 0.542. The lowest BCUT2D eigenvalue weighted by Crippen LogP contribution is -2.42. The Kier molecular flexibility index (Phi) is 15.6. The van der Waals surface area contributed by atoms with Crippen LogP contribution in [0.4, 0.5) is 15.5 Å². The smallest absolute Gasteiger partial charge is 0.407 e. The monoisotopic (exact) mass is 833 g/mol. The van der Waals surface area contributed by atoms with E-state index in [0.29, 0.717) is 0 Å². The summed E-state index contributed by atoms with van der Waals surface area (Å²) >= 11 is 0. The topological polar surface area (TPSA) is 289 Å². The average molecular weight is 834 g/mol. The highest BCUT2D eigenvalue weighted by molar-refractivity contribution is 5.91. The van der Waals surface area contributed by atoms with Gasteiger partial charge in [-0.25, -0.2) is 14.6 Å². The molecule has 60 heavy (non-hydrogen) atoms. The van der Waals surface area contributed by atoms with Crippen molar-refractivity contribution in [3.8, 4) is 0 Å². The highest BCUT2D eigenvalue weighted by Gasteiger charge is 2.41. The number of hydrogen-bond donors (Lipinski definition) is 6. The minimum Gasteiger partial charge on any atom is -0.460 e. The molecule has 0 saturated carbocycles. The van der Waals surface area contributed by atoms with Gasteiger partial charge >= 0.3 is 24.1 Å². The lowest BCUT2D eigenvalue weighted by Gasteiger charge is -2.19. The Labute approximate surface area is 341 Å². The fourth-order valence-electron chi connectivity index (χ4n) is 5.34. The van der Waals surface area contributed by atoms with Gasteiger partial charge in [-0.2, -0.15) is 4.98 Å². The zero-order chi connectivity index (χ0) is 43.0. The van der Waals surface area contributed by atoms with Crippen LogP contribution in [0.2, 0.25) is 0 Å². The van der Waals surface area contributed by atoms with Gasteiger partial charge in [-0.15, -0.1) is 0 Å². The third-order valence-corrected chi connectivity index (χ3v) is 8.46. The van der Waals surface area contributed by atoms with Gasteiger partial charge in [-0.1, -0.05) is 74.5 Å². The van der Waals surface area contributed by atoms with E-state index < -0.39 is 105 Å². The van der Waals surface area contributed by atoms with Crippen molar-refractivity contribution in [1.29, 1.82) is 0 Å². The minimum absolute atomic E-state index is 0.0116. The molecular weight excluding hydrogens is 790 g/mol. The van der Waals surface area contributed by atoms with E-state index in [1.54, 1.807) is 62.4 Å². The van der Waals surface area contributed by atoms with Crippen LogP contribution in [0.25, 0.3) is 11.2 Å². The van der Waals surface area contributed by atoms with Gasteiger partial charge in [0.15, 0.2) is 11.2 Å². The maximum absolute atomic E-state index is 12.9. The van der Waals surface area contributed by atoms with E-state index in [1.807, 2.05) is 12.1 Å². The Morgan fingerprint density at radius 2 is 1.35 bits per heavy atom. The molecule has 6 N–H and O–H groups in total. The number of rotatable bonds is 18. The maximum atomic E-state index is 12.9. The van der Waals surface area contributed by atoms with E-state index in [0.717, 1.165) is 11.1 Å². The van der Waals surface area contributed by atoms with E-state index in [1.165, 1.54) is 10.9 Å². The van der Waals surface area contributed by atoms with E-state index >= 15 is 0 Å². The van der Waals surface area contributed by atoms with Crippen molar-refractivity contribution < 1.29 is 57.2 Å². The van der Waals surface area contributed by atoms with Gasteiger partial charge in [0.2, 0.25) is 23.7 Å². The van der Waals surface area contributed by atoms with E-state index in [2.05, 4.69) is 41.5 Å². The number of imidazole rings is 1. The summed E-state index contributed by atoms with van der Waals surface area (Å²) in [6, 6.07) is 17.8. The zero-order valence-electron chi connectivity index (χ0n) is 32.5. The van der Waals surface area contributed by atoms with Crippen molar-refractivity contribution in [3.05, 3.63) is 88.5 Å². The minimum atomic E-state index is -1.15. The van der Waals surface area contributed by atoms with Crippen molar-refractivity contribution in [2.45, 2.75) is 51.9 Å². The van der Waals surface area contributed by atoms with Crippen molar-refractivity contribution in [2.75, 3.05) is 38.1 Å². The molecule has 0 bridgehead atoms. The first kappa shape index (κ1) is 43.8. The summed E-state index contributed by atoms with van der Waals surface area (Å²) < 4.78 is 28.4. The van der Waals surface area contributed by atoms with Gasteiger partial charge in [0.25, 0.3) is 5.56 Å². The van der Waals surface area contributed by atoms with Crippen LogP contribution in [0, 0.1) is 5.92 Å². The number of carbonyl (C=O) groups is 7. The fraction of sp³-hybridized carbons (Fsp3) is 0.368. The second-order valence-electron chi connectivity index (χ2n) is 13.3. The molecular formula is C38H43N9O13. The molecule has 5 rings (SSSR count). The highest BCUT2D eigenvalue weighted by atomic mass is 16.6. The largest absolute Gasteiger partial charge is 0.460 e. The van der Waals surface area contributed by atoms with Gasteiger partial charge in [0.1, 0.15) is 64.4 Å². The van der Waals surface area contributed by atoms with Crippen LogP contribution in [0.15, 0.2) is 71.8 Å². The quantitative estimate of drug-likeness (QED) is 0.0589. The Morgan fingerprint density at radius 3 is 1.92 bits per heavy atom. The van der Waals surface area contributed by atoms with E-state index in [-0.39, 0.29) is 36.7 Å². The van der Waals surface area contributed by atoms with Crippen molar-refractivity contribution >= 4 is 59.0 Å². The van der Waals surface area contributed by atoms with E-state index in [4.69, 9.17) is 23.7 Å². The molecule has 4 aromatic rings. The summed E-state index contributed by atoms with van der Waals surface area (Å²) in [5.74, 6) is -3.82. The molecule has 0 aliphatic carbocycles.